The second-order valence-electron chi connectivity index (χ2n) is 2.40. The molecule has 2 nitrogen and oxygen atoms in total. The van der Waals surface area contributed by atoms with E-state index in [9.17, 15) is 18.0 Å². The minimum Gasteiger partial charge on any atom is -0.462 e. The van der Waals surface area contributed by atoms with Gasteiger partial charge in [0.15, 0.2) is 0 Å². The van der Waals surface area contributed by atoms with Crippen LogP contribution >= 0.6 is 0 Å². The van der Waals surface area contributed by atoms with Crippen molar-refractivity contribution in [2.24, 2.45) is 0 Å². The largest absolute Gasteiger partial charge is 0.462 e. The number of halogens is 3. The number of allylic oxidation sites excluding steroid dienone is 1. The first kappa shape index (κ1) is 12.7. The van der Waals surface area contributed by atoms with Gasteiger partial charge in [-0.3, -0.25) is 0 Å². The van der Waals surface area contributed by atoms with Crippen molar-refractivity contribution in [2.75, 3.05) is 6.61 Å². The molecule has 5 heteroatoms. The SMILES string of the molecule is C=C(/C(=C\C)C(=O)OCC)C(F)(F)F. The molecule has 0 N–H and O–H groups in total. The van der Waals surface area contributed by atoms with Gasteiger partial charge < -0.3 is 4.74 Å². The van der Waals surface area contributed by atoms with Crippen molar-refractivity contribution in [1.29, 1.82) is 0 Å². The van der Waals surface area contributed by atoms with Crippen LogP contribution in [0.1, 0.15) is 13.8 Å². The zero-order valence-corrected chi connectivity index (χ0v) is 7.94. The van der Waals surface area contributed by atoms with Gasteiger partial charge in [0.2, 0.25) is 0 Å². The zero-order chi connectivity index (χ0) is 11.4. The average Bonchev–Trinajstić information content (AvgIpc) is 2.04. The Hall–Kier alpha value is -1.26. The molecule has 0 fully saturated rings. The van der Waals surface area contributed by atoms with E-state index in [0.717, 1.165) is 6.08 Å². The van der Waals surface area contributed by atoms with Crippen molar-refractivity contribution in [3.05, 3.63) is 23.8 Å². The van der Waals surface area contributed by atoms with Crippen molar-refractivity contribution in [1.82, 2.24) is 0 Å². The Morgan fingerprint density at radius 3 is 2.29 bits per heavy atom. The molecule has 0 aromatic heterocycles. The highest BCUT2D eigenvalue weighted by molar-refractivity contribution is 5.93. The van der Waals surface area contributed by atoms with E-state index in [1.54, 1.807) is 0 Å². The molecule has 0 saturated carbocycles. The van der Waals surface area contributed by atoms with Gasteiger partial charge in [0.1, 0.15) is 0 Å². The molecule has 0 aliphatic heterocycles. The fraction of sp³-hybridized carbons (Fsp3) is 0.444. The highest BCUT2D eigenvalue weighted by Crippen LogP contribution is 2.30. The van der Waals surface area contributed by atoms with Crippen LogP contribution in [0.2, 0.25) is 0 Å². The molecule has 0 atom stereocenters. The average molecular weight is 208 g/mol. The van der Waals surface area contributed by atoms with Crippen molar-refractivity contribution < 1.29 is 22.7 Å². The van der Waals surface area contributed by atoms with Crippen LogP contribution in [0.25, 0.3) is 0 Å². The Balaban J connectivity index is 4.77. The molecule has 80 valence electrons. The summed E-state index contributed by atoms with van der Waals surface area (Å²) in [6, 6.07) is 0. The lowest BCUT2D eigenvalue weighted by Crippen LogP contribution is -2.19. The number of esters is 1. The Kier molecular flexibility index (Phi) is 4.40. The molecule has 0 aliphatic rings. The number of ether oxygens (including phenoxy) is 1. The number of carbonyl (C=O) groups excluding carboxylic acids is 1. The van der Waals surface area contributed by atoms with Crippen LogP contribution in [0.4, 0.5) is 13.2 Å². The number of hydrogen-bond acceptors (Lipinski definition) is 2. The van der Waals surface area contributed by atoms with Gasteiger partial charge in [0.25, 0.3) is 0 Å². The fourth-order valence-electron chi connectivity index (χ4n) is 0.777. The molecule has 0 aliphatic carbocycles. The summed E-state index contributed by atoms with van der Waals surface area (Å²) in [5.41, 5.74) is -1.72. The minimum absolute atomic E-state index is 0.0291. The van der Waals surface area contributed by atoms with Gasteiger partial charge >= 0.3 is 12.1 Å². The molecule has 0 unspecified atom stereocenters. The van der Waals surface area contributed by atoms with Crippen LogP contribution in [0.15, 0.2) is 23.8 Å². The van der Waals surface area contributed by atoms with Crippen molar-refractivity contribution in [3.63, 3.8) is 0 Å². The van der Waals surface area contributed by atoms with E-state index >= 15 is 0 Å². The van der Waals surface area contributed by atoms with Crippen LogP contribution < -0.4 is 0 Å². The molecular formula is C9H11F3O2. The Bertz CT molecular complexity index is 264. The summed E-state index contributed by atoms with van der Waals surface area (Å²) < 4.78 is 40.9. The highest BCUT2D eigenvalue weighted by Gasteiger charge is 2.36. The number of carbonyl (C=O) groups is 1. The Morgan fingerprint density at radius 2 is 2.00 bits per heavy atom. The molecule has 0 rings (SSSR count). The lowest BCUT2D eigenvalue weighted by molar-refractivity contribution is -0.140. The summed E-state index contributed by atoms with van der Waals surface area (Å²) in [6.07, 6.45) is -3.57. The zero-order valence-electron chi connectivity index (χ0n) is 7.94. The predicted molar refractivity (Wildman–Crippen MR) is 45.6 cm³/mol. The molecule has 0 aromatic rings. The molecule has 0 bridgehead atoms. The van der Waals surface area contributed by atoms with Crippen molar-refractivity contribution in [2.45, 2.75) is 20.0 Å². The fourth-order valence-corrected chi connectivity index (χ4v) is 0.777. The molecule has 0 heterocycles. The number of rotatable bonds is 3. The maximum atomic E-state index is 12.1. The summed E-state index contributed by atoms with van der Waals surface area (Å²) in [7, 11) is 0. The first-order valence-electron chi connectivity index (χ1n) is 3.94. The summed E-state index contributed by atoms with van der Waals surface area (Å²) in [5.74, 6) is -1.00. The predicted octanol–water partition coefficient (Wildman–Crippen LogP) is 2.61. The molecule has 0 aromatic carbocycles. The standard InChI is InChI=1S/C9H11F3O2/c1-4-7(8(13)14-5-2)6(3)9(10,11)12/h4H,3,5H2,1-2H3/b7-4+. The van der Waals surface area contributed by atoms with Crippen molar-refractivity contribution in [3.8, 4) is 0 Å². The van der Waals surface area contributed by atoms with Gasteiger partial charge in [0, 0.05) is 0 Å². The lowest BCUT2D eigenvalue weighted by atomic mass is 10.1. The summed E-state index contributed by atoms with van der Waals surface area (Å²) in [5, 5.41) is 0. The molecule has 0 radical (unpaired) electrons. The second-order valence-corrected chi connectivity index (χ2v) is 2.40. The van der Waals surface area contributed by atoms with Crippen LogP contribution in [-0.4, -0.2) is 18.8 Å². The first-order chi connectivity index (χ1) is 6.34. The quantitative estimate of drug-likeness (QED) is 0.405. The van der Waals surface area contributed by atoms with Crippen molar-refractivity contribution >= 4 is 5.97 Å². The maximum Gasteiger partial charge on any atom is 0.416 e. The van der Waals surface area contributed by atoms with E-state index in [0.29, 0.717) is 0 Å². The molecule has 0 amide bonds. The molecule has 0 saturated heterocycles. The summed E-state index contributed by atoms with van der Waals surface area (Å²) >= 11 is 0. The summed E-state index contributed by atoms with van der Waals surface area (Å²) in [4.78, 5) is 11.0. The van der Waals surface area contributed by atoms with Crippen LogP contribution in [0.3, 0.4) is 0 Å². The second kappa shape index (κ2) is 4.83. The van der Waals surface area contributed by atoms with E-state index in [4.69, 9.17) is 0 Å². The van der Waals surface area contributed by atoms with Gasteiger partial charge in [-0.1, -0.05) is 12.7 Å². The molecule has 14 heavy (non-hydrogen) atoms. The van der Waals surface area contributed by atoms with Gasteiger partial charge in [-0.15, -0.1) is 0 Å². The maximum absolute atomic E-state index is 12.1. The monoisotopic (exact) mass is 208 g/mol. The molecular weight excluding hydrogens is 197 g/mol. The van der Waals surface area contributed by atoms with Gasteiger partial charge in [-0.25, -0.2) is 4.79 Å². The van der Waals surface area contributed by atoms with E-state index in [2.05, 4.69) is 11.3 Å². The molecule has 0 spiro atoms. The van der Waals surface area contributed by atoms with E-state index in [-0.39, 0.29) is 6.61 Å². The van der Waals surface area contributed by atoms with Crippen LogP contribution in [-0.2, 0) is 9.53 Å². The Labute approximate surface area is 80.1 Å². The van der Waals surface area contributed by atoms with E-state index < -0.39 is 23.3 Å². The van der Waals surface area contributed by atoms with Gasteiger partial charge in [-0.2, -0.15) is 13.2 Å². The number of alkyl halides is 3. The Morgan fingerprint density at radius 1 is 1.50 bits per heavy atom. The third-order valence-corrected chi connectivity index (χ3v) is 1.45. The van der Waals surface area contributed by atoms with Crippen LogP contribution in [0, 0.1) is 0 Å². The van der Waals surface area contributed by atoms with E-state index in [1.807, 2.05) is 0 Å². The minimum atomic E-state index is -4.60. The van der Waals surface area contributed by atoms with Gasteiger partial charge in [0.05, 0.1) is 17.8 Å². The first-order valence-corrected chi connectivity index (χ1v) is 3.94. The van der Waals surface area contributed by atoms with Gasteiger partial charge in [-0.05, 0) is 13.8 Å². The van der Waals surface area contributed by atoms with Crippen LogP contribution in [0.5, 0.6) is 0 Å². The third kappa shape index (κ3) is 3.24. The summed E-state index contributed by atoms with van der Waals surface area (Å²) in [6.45, 7) is 5.67. The van der Waals surface area contributed by atoms with E-state index in [1.165, 1.54) is 13.8 Å². The third-order valence-electron chi connectivity index (χ3n) is 1.45. The number of hydrogen-bond donors (Lipinski definition) is 0. The lowest BCUT2D eigenvalue weighted by Gasteiger charge is -2.12. The highest BCUT2D eigenvalue weighted by atomic mass is 19.4. The normalized spacial score (nSPS) is 12.5. The topological polar surface area (TPSA) is 26.3 Å². The smallest absolute Gasteiger partial charge is 0.416 e.